The van der Waals surface area contributed by atoms with Gasteiger partial charge in [-0.15, -0.1) is 0 Å². The lowest BCUT2D eigenvalue weighted by Gasteiger charge is -2.14. The Kier molecular flexibility index (Phi) is 7.54. The molecule has 0 aromatic rings. The molecule has 20 heavy (non-hydrogen) atoms. The molecule has 0 spiro atoms. The maximum atomic E-state index is 11.6. The molecular formula is C16H28N2O2. The highest BCUT2D eigenvalue weighted by Gasteiger charge is 2.20. The molecule has 4 heteroatoms. The molecule has 4 nitrogen and oxygen atoms in total. The molecule has 0 saturated heterocycles. The number of Topliss-reactive ketones (excluding diaryl/α,β-unsaturated/α-hetero) is 2. The summed E-state index contributed by atoms with van der Waals surface area (Å²) in [5.74, 6) is 0.362. The Labute approximate surface area is 122 Å². The van der Waals surface area contributed by atoms with Crippen molar-refractivity contribution in [1.82, 2.24) is 0 Å². The number of ketones is 2. The molecule has 0 N–H and O–H groups in total. The molecule has 0 aromatic heterocycles. The van der Waals surface area contributed by atoms with E-state index in [0.29, 0.717) is 25.9 Å². The van der Waals surface area contributed by atoms with Crippen LogP contribution in [0.15, 0.2) is 9.98 Å². The van der Waals surface area contributed by atoms with E-state index < -0.39 is 0 Å². The van der Waals surface area contributed by atoms with Crippen LogP contribution in [0.3, 0.4) is 0 Å². The Balaban J connectivity index is 3.82. The second-order valence-electron chi connectivity index (χ2n) is 6.93. The molecule has 0 amide bonds. The van der Waals surface area contributed by atoms with Gasteiger partial charge < -0.3 is 0 Å². The summed E-state index contributed by atoms with van der Waals surface area (Å²) >= 11 is 0. The minimum absolute atomic E-state index is 0.181. The van der Waals surface area contributed by atoms with Gasteiger partial charge in [0.05, 0.1) is 13.1 Å². The van der Waals surface area contributed by atoms with E-state index in [4.69, 9.17) is 0 Å². The lowest BCUT2D eigenvalue weighted by Crippen LogP contribution is -2.20. The van der Waals surface area contributed by atoms with E-state index in [2.05, 4.69) is 9.98 Å². The Hall–Kier alpha value is -1.32. The minimum Gasteiger partial charge on any atom is -0.299 e. The second-order valence-corrected chi connectivity index (χ2v) is 6.93. The number of hydrogen-bond donors (Lipinski definition) is 0. The maximum Gasteiger partial charge on any atom is 0.143 e. The van der Waals surface area contributed by atoms with E-state index in [0.717, 1.165) is 0 Å². The largest absolute Gasteiger partial charge is 0.299 e. The summed E-state index contributed by atoms with van der Waals surface area (Å²) < 4.78 is 0. The van der Waals surface area contributed by atoms with Crippen molar-refractivity contribution in [2.75, 3.05) is 13.1 Å². The molecule has 0 rings (SSSR count). The van der Waals surface area contributed by atoms with E-state index in [9.17, 15) is 9.59 Å². The highest BCUT2D eigenvalue weighted by atomic mass is 16.1. The average Bonchev–Trinajstić information content (AvgIpc) is 2.29. The molecule has 0 fully saturated rings. The van der Waals surface area contributed by atoms with Crippen LogP contribution in [-0.2, 0) is 9.59 Å². The summed E-state index contributed by atoms with van der Waals surface area (Å²) in [6, 6.07) is 0. The number of carbonyl (C=O) groups is 2. The highest BCUT2D eigenvalue weighted by molar-refractivity contribution is 5.95. The van der Waals surface area contributed by atoms with Crippen LogP contribution in [0.25, 0.3) is 0 Å². The molecular weight excluding hydrogens is 252 g/mol. The molecule has 0 aliphatic carbocycles. The first-order valence-corrected chi connectivity index (χ1v) is 7.08. The Bertz CT molecular complexity index is 344. The molecule has 0 unspecified atom stereocenters. The molecule has 0 atom stereocenters. The monoisotopic (exact) mass is 280 g/mol. The van der Waals surface area contributed by atoms with Crippen LogP contribution < -0.4 is 0 Å². The van der Waals surface area contributed by atoms with Crippen molar-refractivity contribution in [3.63, 3.8) is 0 Å². The lowest BCUT2D eigenvalue weighted by atomic mass is 9.89. The Morgan fingerprint density at radius 3 is 1.30 bits per heavy atom. The summed E-state index contributed by atoms with van der Waals surface area (Å²) in [4.78, 5) is 31.5. The van der Waals surface area contributed by atoms with Crippen molar-refractivity contribution < 1.29 is 9.59 Å². The van der Waals surface area contributed by atoms with Crippen LogP contribution in [-0.4, -0.2) is 37.1 Å². The van der Waals surface area contributed by atoms with Crippen LogP contribution in [0.1, 0.15) is 54.4 Å². The van der Waals surface area contributed by atoms with Gasteiger partial charge in [0.2, 0.25) is 0 Å². The number of rotatable bonds is 7. The smallest absolute Gasteiger partial charge is 0.143 e. The van der Waals surface area contributed by atoms with Gasteiger partial charge in [0.1, 0.15) is 11.6 Å². The van der Waals surface area contributed by atoms with Crippen LogP contribution in [0, 0.1) is 10.8 Å². The molecule has 114 valence electrons. The molecule has 0 aromatic carbocycles. The zero-order valence-corrected chi connectivity index (χ0v) is 13.7. The first-order chi connectivity index (χ1) is 9.05. The summed E-state index contributed by atoms with van der Waals surface area (Å²) in [5, 5.41) is 0. The summed E-state index contributed by atoms with van der Waals surface area (Å²) in [6.45, 7) is 12.5. The predicted octanol–water partition coefficient (Wildman–Crippen LogP) is 3.14. The zero-order valence-electron chi connectivity index (χ0n) is 13.7. The fraction of sp³-hybridized carbons (Fsp3) is 0.750. The van der Waals surface area contributed by atoms with Gasteiger partial charge >= 0.3 is 0 Å². The quantitative estimate of drug-likeness (QED) is 0.531. The topological polar surface area (TPSA) is 58.9 Å². The molecule has 0 aliphatic rings. The van der Waals surface area contributed by atoms with Crippen LogP contribution in [0.4, 0.5) is 0 Å². The standard InChI is InChI=1S/C16H28N2O2/c1-15(2,3)13(19)7-9-17-11-12-18-10-8-14(20)16(4,5)6/h9-10H,7-8,11-12H2,1-6H3. The third kappa shape index (κ3) is 8.73. The van der Waals surface area contributed by atoms with Crippen molar-refractivity contribution in [2.45, 2.75) is 54.4 Å². The number of nitrogens with zero attached hydrogens (tertiary/aromatic N) is 2. The third-order valence-corrected chi connectivity index (χ3v) is 2.84. The van der Waals surface area contributed by atoms with Gasteiger partial charge in [-0.1, -0.05) is 41.5 Å². The van der Waals surface area contributed by atoms with Crippen molar-refractivity contribution >= 4 is 24.0 Å². The van der Waals surface area contributed by atoms with Crippen molar-refractivity contribution in [2.24, 2.45) is 20.8 Å². The van der Waals surface area contributed by atoms with Gasteiger partial charge in [-0.25, -0.2) is 0 Å². The van der Waals surface area contributed by atoms with Gasteiger partial charge in [-0.2, -0.15) is 0 Å². The molecule has 0 radical (unpaired) electrons. The van der Waals surface area contributed by atoms with Gasteiger partial charge in [0.25, 0.3) is 0 Å². The van der Waals surface area contributed by atoms with Crippen LogP contribution in [0.2, 0.25) is 0 Å². The minimum atomic E-state index is -0.308. The average molecular weight is 280 g/mol. The lowest BCUT2D eigenvalue weighted by molar-refractivity contribution is -0.125. The van der Waals surface area contributed by atoms with E-state index in [1.165, 1.54) is 0 Å². The number of hydrogen-bond acceptors (Lipinski definition) is 4. The van der Waals surface area contributed by atoms with Gasteiger partial charge in [0, 0.05) is 36.1 Å². The first-order valence-electron chi connectivity index (χ1n) is 7.08. The number of aliphatic imine (C=N–C) groups is 2. The summed E-state index contributed by atoms with van der Waals surface area (Å²) in [5.41, 5.74) is -0.616. The van der Waals surface area contributed by atoms with E-state index >= 15 is 0 Å². The zero-order chi connectivity index (χ0) is 15.8. The third-order valence-electron chi connectivity index (χ3n) is 2.84. The molecule has 0 bridgehead atoms. The predicted molar refractivity (Wildman–Crippen MR) is 84.9 cm³/mol. The molecule has 0 heterocycles. The molecule has 0 saturated carbocycles. The van der Waals surface area contributed by atoms with Crippen molar-refractivity contribution in [1.29, 1.82) is 0 Å². The number of carbonyl (C=O) groups excluding carboxylic acids is 2. The second kappa shape index (κ2) is 8.08. The maximum absolute atomic E-state index is 11.6. The van der Waals surface area contributed by atoms with E-state index in [1.54, 1.807) is 12.4 Å². The fourth-order valence-corrected chi connectivity index (χ4v) is 1.21. The van der Waals surface area contributed by atoms with Crippen molar-refractivity contribution in [3.05, 3.63) is 0 Å². The Morgan fingerprint density at radius 1 is 0.750 bits per heavy atom. The van der Waals surface area contributed by atoms with Gasteiger partial charge in [0.15, 0.2) is 0 Å². The SMILES string of the molecule is CC(C)(C)C(=O)CC=NCCN=CCC(=O)C(C)(C)C. The Morgan fingerprint density at radius 2 is 1.05 bits per heavy atom. The van der Waals surface area contributed by atoms with Crippen molar-refractivity contribution in [3.8, 4) is 0 Å². The summed E-state index contributed by atoms with van der Waals surface area (Å²) in [7, 11) is 0. The van der Waals surface area contributed by atoms with E-state index in [-0.39, 0.29) is 22.4 Å². The normalized spacial score (nSPS) is 13.3. The van der Waals surface area contributed by atoms with Gasteiger partial charge in [-0.05, 0) is 0 Å². The van der Waals surface area contributed by atoms with Gasteiger partial charge in [-0.3, -0.25) is 19.6 Å². The summed E-state index contributed by atoms with van der Waals surface area (Å²) in [6.07, 6.45) is 4.05. The molecule has 0 aliphatic heterocycles. The fourth-order valence-electron chi connectivity index (χ4n) is 1.21. The van der Waals surface area contributed by atoms with Crippen LogP contribution >= 0.6 is 0 Å². The van der Waals surface area contributed by atoms with Crippen LogP contribution in [0.5, 0.6) is 0 Å². The van der Waals surface area contributed by atoms with E-state index in [1.807, 2.05) is 41.5 Å². The highest BCUT2D eigenvalue weighted by Crippen LogP contribution is 2.16. The first kappa shape index (κ1) is 18.7.